The number of hydrogen-bond donors (Lipinski definition) is 1. The van der Waals surface area contributed by atoms with Crippen LogP contribution in [0.5, 0.6) is 0 Å². The lowest BCUT2D eigenvalue weighted by Gasteiger charge is -2.46. The number of rotatable bonds is 9. The van der Waals surface area contributed by atoms with Gasteiger partial charge in [-0.1, -0.05) is 53.4 Å². The average molecular weight is 367 g/mol. The third kappa shape index (κ3) is 4.82. The molecule has 2 aliphatic rings. The largest absolute Gasteiger partial charge is 0.466 e. The summed E-state index contributed by atoms with van der Waals surface area (Å²) >= 11 is 0. The highest BCUT2D eigenvalue weighted by molar-refractivity contribution is 5.69. The minimum atomic E-state index is -0.562. The van der Waals surface area contributed by atoms with Crippen molar-refractivity contribution < 1.29 is 14.6 Å². The fourth-order valence-electron chi connectivity index (χ4n) is 6.44. The van der Waals surface area contributed by atoms with Gasteiger partial charge in [0.2, 0.25) is 0 Å². The molecule has 2 saturated carbocycles. The smallest absolute Gasteiger partial charge is 0.308 e. The monoisotopic (exact) mass is 366 g/mol. The van der Waals surface area contributed by atoms with E-state index in [0.717, 1.165) is 30.6 Å². The van der Waals surface area contributed by atoms with Crippen LogP contribution in [0.2, 0.25) is 0 Å². The van der Waals surface area contributed by atoms with E-state index < -0.39 is 6.10 Å². The van der Waals surface area contributed by atoms with Crippen molar-refractivity contribution >= 4 is 5.97 Å². The summed E-state index contributed by atoms with van der Waals surface area (Å²) in [5.41, 5.74) is 0.530. The molecule has 3 heteroatoms. The first-order chi connectivity index (χ1) is 12.3. The zero-order valence-electron chi connectivity index (χ0n) is 17.8. The normalized spacial score (nSPS) is 34.8. The van der Waals surface area contributed by atoms with Crippen molar-refractivity contribution in [3.8, 4) is 0 Å². The van der Waals surface area contributed by atoms with E-state index in [9.17, 15) is 9.90 Å². The van der Waals surface area contributed by atoms with Gasteiger partial charge in [0.1, 0.15) is 0 Å². The first kappa shape index (κ1) is 21.7. The third-order valence-electron chi connectivity index (χ3n) is 7.97. The average Bonchev–Trinajstić information content (AvgIpc) is 2.93. The van der Waals surface area contributed by atoms with Crippen molar-refractivity contribution in [1.29, 1.82) is 0 Å². The SMILES string of the molecule is CCOC(=O)CC(O)C(CC)CCC(C)C1CCC2[C@@H](C)CCC[C@]12C. The number of aliphatic hydroxyl groups is 1. The number of aliphatic hydroxyl groups excluding tert-OH is 1. The maximum atomic E-state index is 11.7. The zero-order chi connectivity index (χ0) is 19.3. The Morgan fingerprint density at radius 3 is 2.62 bits per heavy atom. The Morgan fingerprint density at radius 1 is 1.23 bits per heavy atom. The molecule has 1 N–H and O–H groups in total. The van der Waals surface area contributed by atoms with Crippen LogP contribution < -0.4 is 0 Å². The molecule has 0 amide bonds. The summed E-state index contributed by atoms with van der Waals surface area (Å²) in [6, 6.07) is 0. The molecule has 0 spiro atoms. The van der Waals surface area contributed by atoms with E-state index in [1.54, 1.807) is 0 Å². The van der Waals surface area contributed by atoms with Gasteiger partial charge in [0, 0.05) is 0 Å². The van der Waals surface area contributed by atoms with Gasteiger partial charge in [0.15, 0.2) is 0 Å². The first-order valence-electron chi connectivity index (χ1n) is 11.2. The molecule has 2 rings (SSSR count). The molecular weight excluding hydrogens is 324 g/mol. The third-order valence-corrected chi connectivity index (χ3v) is 7.97. The Bertz CT molecular complexity index is 449. The molecule has 0 aromatic rings. The maximum absolute atomic E-state index is 11.7. The first-order valence-corrected chi connectivity index (χ1v) is 11.2. The standard InChI is InChI=1S/C23H42O3/c1-6-18(21(24)15-22(25)26-7-2)11-10-17(4)20-13-12-19-16(3)9-8-14-23(19,20)5/h16-21,24H,6-15H2,1-5H3/t16-,17?,18?,19?,20?,21?,23-/m0/s1. The molecule has 26 heavy (non-hydrogen) atoms. The van der Waals surface area contributed by atoms with Gasteiger partial charge in [-0.25, -0.2) is 0 Å². The van der Waals surface area contributed by atoms with Crippen LogP contribution >= 0.6 is 0 Å². The summed E-state index contributed by atoms with van der Waals surface area (Å²) in [4.78, 5) is 11.7. The summed E-state index contributed by atoms with van der Waals surface area (Å²) in [6.07, 6.45) is 9.70. The number of carbonyl (C=O) groups excluding carboxylic acids is 1. The fraction of sp³-hybridized carbons (Fsp3) is 0.957. The van der Waals surface area contributed by atoms with E-state index in [0.29, 0.717) is 17.9 Å². The summed E-state index contributed by atoms with van der Waals surface area (Å²) in [5.74, 6) is 3.28. The van der Waals surface area contributed by atoms with Crippen molar-refractivity contribution in [2.75, 3.05) is 6.61 Å². The van der Waals surface area contributed by atoms with Crippen molar-refractivity contribution in [1.82, 2.24) is 0 Å². The molecule has 0 bridgehead atoms. The van der Waals surface area contributed by atoms with Crippen molar-refractivity contribution in [3.05, 3.63) is 0 Å². The predicted molar refractivity (Wildman–Crippen MR) is 107 cm³/mol. The van der Waals surface area contributed by atoms with Crippen molar-refractivity contribution in [2.45, 2.75) is 98.5 Å². The van der Waals surface area contributed by atoms with Crippen LogP contribution in [0.25, 0.3) is 0 Å². The Morgan fingerprint density at radius 2 is 1.96 bits per heavy atom. The van der Waals surface area contributed by atoms with Gasteiger partial charge in [-0.05, 0) is 67.6 Å². The van der Waals surface area contributed by atoms with Crippen molar-refractivity contribution in [3.63, 3.8) is 0 Å². The maximum Gasteiger partial charge on any atom is 0.308 e. The number of fused-ring (bicyclic) bond motifs is 1. The van der Waals surface area contributed by atoms with Crippen LogP contribution in [0.15, 0.2) is 0 Å². The second kappa shape index (κ2) is 9.57. The molecule has 2 fully saturated rings. The van der Waals surface area contributed by atoms with E-state index in [1.807, 2.05) is 6.92 Å². The molecule has 5 unspecified atom stereocenters. The van der Waals surface area contributed by atoms with Gasteiger partial charge in [0.05, 0.1) is 19.1 Å². The molecule has 0 saturated heterocycles. The van der Waals surface area contributed by atoms with E-state index >= 15 is 0 Å². The minimum absolute atomic E-state index is 0.140. The number of carbonyl (C=O) groups is 1. The van der Waals surface area contributed by atoms with Gasteiger partial charge in [0.25, 0.3) is 0 Å². The van der Waals surface area contributed by atoms with Crippen LogP contribution in [-0.4, -0.2) is 23.8 Å². The zero-order valence-corrected chi connectivity index (χ0v) is 17.8. The van der Waals surface area contributed by atoms with Gasteiger partial charge in [-0.15, -0.1) is 0 Å². The molecule has 2 aliphatic carbocycles. The Kier molecular flexibility index (Phi) is 8.00. The molecule has 0 radical (unpaired) electrons. The highest BCUT2D eigenvalue weighted by atomic mass is 16.5. The van der Waals surface area contributed by atoms with E-state index in [4.69, 9.17) is 4.74 Å². The number of hydrogen-bond acceptors (Lipinski definition) is 3. The minimum Gasteiger partial charge on any atom is -0.466 e. The lowest BCUT2D eigenvalue weighted by Crippen LogP contribution is -2.38. The van der Waals surface area contributed by atoms with Crippen LogP contribution in [-0.2, 0) is 9.53 Å². The number of esters is 1. The summed E-state index contributed by atoms with van der Waals surface area (Å²) in [5, 5.41) is 10.5. The van der Waals surface area contributed by atoms with Gasteiger partial charge < -0.3 is 9.84 Å². The predicted octanol–water partition coefficient (Wildman–Crippen LogP) is 5.60. The Hall–Kier alpha value is -0.570. The molecule has 0 aromatic carbocycles. The van der Waals surface area contributed by atoms with E-state index in [2.05, 4.69) is 27.7 Å². The lowest BCUT2D eigenvalue weighted by molar-refractivity contribution is -0.146. The van der Waals surface area contributed by atoms with Gasteiger partial charge >= 0.3 is 5.97 Å². The topological polar surface area (TPSA) is 46.5 Å². The number of ether oxygens (including phenoxy) is 1. The van der Waals surface area contributed by atoms with Crippen LogP contribution in [0.3, 0.4) is 0 Å². The Balaban J connectivity index is 1.88. The fourth-order valence-corrected chi connectivity index (χ4v) is 6.44. The molecule has 0 heterocycles. The highest BCUT2D eigenvalue weighted by Gasteiger charge is 2.51. The molecule has 152 valence electrons. The summed E-state index contributed by atoms with van der Waals surface area (Å²) < 4.78 is 5.00. The van der Waals surface area contributed by atoms with Crippen LogP contribution in [0.1, 0.15) is 92.4 Å². The molecule has 7 atom stereocenters. The van der Waals surface area contributed by atoms with E-state index in [-0.39, 0.29) is 18.3 Å². The van der Waals surface area contributed by atoms with Crippen LogP contribution in [0, 0.1) is 35.0 Å². The quantitative estimate of drug-likeness (QED) is 0.541. The molecule has 0 aromatic heterocycles. The molecular formula is C23H42O3. The summed E-state index contributed by atoms with van der Waals surface area (Å²) in [6.45, 7) is 11.8. The van der Waals surface area contributed by atoms with Gasteiger partial charge in [-0.2, -0.15) is 0 Å². The second-order valence-corrected chi connectivity index (χ2v) is 9.47. The van der Waals surface area contributed by atoms with Crippen LogP contribution in [0.4, 0.5) is 0 Å². The Labute approximate surface area is 161 Å². The molecule has 0 aliphatic heterocycles. The second-order valence-electron chi connectivity index (χ2n) is 9.47. The van der Waals surface area contributed by atoms with Crippen molar-refractivity contribution in [2.24, 2.45) is 35.0 Å². The van der Waals surface area contributed by atoms with Gasteiger partial charge in [-0.3, -0.25) is 4.79 Å². The summed E-state index contributed by atoms with van der Waals surface area (Å²) in [7, 11) is 0. The molecule has 3 nitrogen and oxygen atoms in total. The lowest BCUT2D eigenvalue weighted by atomic mass is 9.59. The highest BCUT2D eigenvalue weighted by Crippen LogP contribution is 2.59. The van der Waals surface area contributed by atoms with E-state index in [1.165, 1.54) is 38.5 Å².